The molecule has 0 spiro atoms. The highest BCUT2D eigenvalue weighted by Gasteiger charge is 2.08. The van der Waals surface area contributed by atoms with E-state index in [1.807, 2.05) is 6.92 Å². The fourth-order valence-corrected chi connectivity index (χ4v) is 1.26. The van der Waals surface area contributed by atoms with Crippen LogP contribution in [-0.2, 0) is 0 Å². The minimum atomic E-state index is 0.951. The van der Waals surface area contributed by atoms with E-state index in [0.717, 1.165) is 5.70 Å². The van der Waals surface area contributed by atoms with Crippen molar-refractivity contribution in [3.05, 3.63) is 11.3 Å². The molecule has 2 heteroatoms. The highest BCUT2D eigenvalue weighted by Crippen LogP contribution is 2.25. The van der Waals surface area contributed by atoms with Gasteiger partial charge in [0.05, 0.1) is 0 Å². The number of nitrogens with one attached hydrogen (secondary N) is 1. The van der Waals surface area contributed by atoms with E-state index in [2.05, 4.69) is 5.48 Å². The van der Waals surface area contributed by atoms with E-state index in [0.29, 0.717) is 0 Å². The SMILES string of the molecule is CC(NO)=C1CCCC1. The molecule has 0 aromatic carbocycles. The van der Waals surface area contributed by atoms with Gasteiger partial charge in [0.25, 0.3) is 0 Å². The average Bonchev–Trinajstić information content (AvgIpc) is 2.37. The van der Waals surface area contributed by atoms with Crippen LogP contribution in [0.15, 0.2) is 11.3 Å². The maximum atomic E-state index is 8.49. The second-order valence-electron chi connectivity index (χ2n) is 2.55. The molecule has 2 nitrogen and oxygen atoms in total. The fraction of sp³-hybridized carbons (Fsp3) is 0.714. The minimum Gasteiger partial charge on any atom is -0.291 e. The Hall–Kier alpha value is -0.500. The van der Waals surface area contributed by atoms with Crippen molar-refractivity contribution in [1.29, 1.82) is 0 Å². The second kappa shape index (κ2) is 2.87. The van der Waals surface area contributed by atoms with Crippen LogP contribution in [-0.4, -0.2) is 5.21 Å². The predicted molar refractivity (Wildman–Crippen MR) is 36.1 cm³/mol. The van der Waals surface area contributed by atoms with Gasteiger partial charge in [-0.25, -0.2) is 0 Å². The molecule has 0 aromatic heterocycles. The van der Waals surface area contributed by atoms with E-state index in [1.165, 1.54) is 31.3 Å². The summed E-state index contributed by atoms with van der Waals surface area (Å²) in [5.74, 6) is 0. The summed E-state index contributed by atoms with van der Waals surface area (Å²) in [6, 6.07) is 0. The predicted octanol–water partition coefficient (Wildman–Crippen LogP) is 1.81. The topological polar surface area (TPSA) is 32.3 Å². The molecule has 0 amide bonds. The second-order valence-corrected chi connectivity index (χ2v) is 2.55. The van der Waals surface area contributed by atoms with Crippen LogP contribution in [0.4, 0.5) is 0 Å². The summed E-state index contributed by atoms with van der Waals surface area (Å²) in [5, 5.41) is 8.49. The lowest BCUT2D eigenvalue weighted by molar-refractivity contribution is 0.199. The molecule has 1 aliphatic rings. The quantitative estimate of drug-likeness (QED) is 0.526. The number of allylic oxidation sites excluding steroid dienone is 2. The maximum Gasteiger partial charge on any atom is 0.0337 e. The zero-order valence-corrected chi connectivity index (χ0v) is 5.78. The van der Waals surface area contributed by atoms with Crippen LogP contribution < -0.4 is 5.48 Å². The summed E-state index contributed by atoms with van der Waals surface area (Å²) in [4.78, 5) is 0. The van der Waals surface area contributed by atoms with Crippen molar-refractivity contribution < 1.29 is 5.21 Å². The van der Waals surface area contributed by atoms with Gasteiger partial charge < -0.3 is 0 Å². The van der Waals surface area contributed by atoms with Crippen LogP contribution in [0.2, 0.25) is 0 Å². The van der Waals surface area contributed by atoms with E-state index in [9.17, 15) is 0 Å². The lowest BCUT2D eigenvalue weighted by atomic mass is 10.2. The van der Waals surface area contributed by atoms with E-state index in [1.54, 1.807) is 0 Å². The van der Waals surface area contributed by atoms with Gasteiger partial charge in [0.1, 0.15) is 0 Å². The Morgan fingerprint density at radius 1 is 1.44 bits per heavy atom. The Morgan fingerprint density at radius 3 is 2.44 bits per heavy atom. The first-order valence-corrected chi connectivity index (χ1v) is 3.43. The molecular weight excluding hydrogens is 114 g/mol. The first-order chi connectivity index (χ1) is 4.34. The van der Waals surface area contributed by atoms with Gasteiger partial charge in [0.2, 0.25) is 0 Å². The van der Waals surface area contributed by atoms with Crippen LogP contribution in [0.5, 0.6) is 0 Å². The molecule has 9 heavy (non-hydrogen) atoms. The molecule has 0 bridgehead atoms. The molecule has 0 saturated heterocycles. The summed E-state index contributed by atoms with van der Waals surface area (Å²) in [7, 11) is 0. The van der Waals surface area contributed by atoms with Gasteiger partial charge in [-0.2, -0.15) is 0 Å². The van der Waals surface area contributed by atoms with E-state index in [4.69, 9.17) is 5.21 Å². The number of rotatable bonds is 1. The third kappa shape index (κ3) is 1.45. The van der Waals surface area contributed by atoms with Crippen molar-refractivity contribution in [2.24, 2.45) is 0 Å². The molecule has 0 heterocycles. The fourth-order valence-electron chi connectivity index (χ4n) is 1.26. The molecule has 0 atom stereocenters. The summed E-state index contributed by atoms with van der Waals surface area (Å²) in [6.07, 6.45) is 4.90. The van der Waals surface area contributed by atoms with Crippen LogP contribution in [0, 0.1) is 0 Å². The van der Waals surface area contributed by atoms with Crippen LogP contribution in [0.3, 0.4) is 0 Å². The molecule has 0 unspecified atom stereocenters. The van der Waals surface area contributed by atoms with Gasteiger partial charge in [-0.3, -0.25) is 10.7 Å². The smallest absolute Gasteiger partial charge is 0.0337 e. The Balaban J connectivity index is 2.55. The third-order valence-electron chi connectivity index (χ3n) is 1.91. The zero-order valence-electron chi connectivity index (χ0n) is 5.78. The first kappa shape index (κ1) is 6.62. The Kier molecular flexibility index (Phi) is 2.11. The van der Waals surface area contributed by atoms with Gasteiger partial charge in [0, 0.05) is 5.70 Å². The van der Waals surface area contributed by atoms with Gasteiger partial charge in [-0.1, -0.05) is 0 Å². The van der Waals surface area contributed by atoms with Crippen molar-refractivity contribution in [3.63, 3.8) is 0 Å². The highest BCUT2D eigenvalue weighted by atomic mass is 16.5. The number of hydrogen-bond acceptors (Lipinski definition) is 2. The third-order valence-corrected chi connectivity index (χ3v) is 1.91. The van der Waals surface area contributed by atoms with Gasteiger partial charge in [-0.05, 0) is 38.2 Å². The monoisotopic (exact) mass is 127 g/mol. The van der Waals surface area contributed by atoms with Crippen LogP contribution >= 0.6 is 0 Å². The molecule has 1 rings (SSSR count). The highest BCUT2D eigenvalue weighted by molar-refractivity contribution is 5.11. The van der Waals surface area contributed by atoms with E-state index >= 15 is 0 Å². The molecule has 52 valence electrons. The molecule has 0 aliphatic heterocycles. The van der Waals surface area contributed by atoms with E-state index < -0.39 is 0 Å². The summed E-state index contributed by atoms with van der Waals surface area (Å²) in [5.41, 5.74) is 4.52. The van der Waals surface area contributed by atoms with Gasteiger partial charge in [0.15, 0.2) is 0 Å². The lowest BCUT2D eigenvalue weighted by Crippen LogP contribution is -2.04. The first-order valence-electron chi connectivity index (χ1n) is 3.43. The minimum absolute atomic E-state index is 0.951. The van der Waals surface area contributed by atoms with Crippen molar-refractivity contribution in [2.45, 2.75) is 32.6 Å². The molecule has 0 aromatic rings. The van der Waals surface area contributed by atoms with E-state index in [-0.39, 0.29) is 0 Å². The van der Waals surface area contributed by atoms with Crippen LogP contribution in [0.25, 0.3) is 0 Å². The molecule has 1 aliphatic carbocycles. The summed E-state index contributed by atoms with van der Waals surface area (Å²) >= 11 is 0. The van der Waals surface area contributed by atoms with Gasteiger partial charge >= 0.3 is 0 Å². The Labute approximate surface area is 55.5 Å². The molecular formula is C7H13NO. The van der Waals surface area contributed by atoms with Crippen LogP contribution in [0.1, 0.15) is 32.6 Å². The van der Waals surface area contributed by atoms with Crippen molar-refractivity contribution in [2.75, 3.05) is 0 Å². The Morgan fingerprint density at radius 2 is 2.00 bits per heavy atom. The molecule has 1 saturated carbocycles. The Bertz CT molecular complexity index is 121. The van der Waals surface area contributed by atoms with Crippen molar-refractivity contribution in [3.8, 4) is 0 Å². The largest absolute Gasteiger partial charge is 0.291 e. The lowest BCUT2D eigenvalue weighted by Gasteiger charge is -2.01. The zero-order chi connectivity index (χ0) is 6.69. The standard InChI is InChI=1S/C7H13NO/c1-6(8-9)7-4-2-3-5-7/h8-9H,2-5H2,1H3. The number of hydrogen-bond donors (Lipinski definition) is 2. The molecule has 1 fully saturated rings. The maximum absolute atomic E-state index is 8.49. The summed E-state index contributed by atoms with van der Waals surface area (Å²) < 4.78 is 0. The number of hydroxylamine groups is 1. The normalized spacial score (nSPS) is 18.2. The summed E-state index contributed by atoms with van der Waals surface area (Å²) in [6.45, 7) is 1.92. The molecule has 2 N–H and O–H groups in total. The van der Waals surface area contributed by atoms with Crippen molar-refractivity contribution >= 4 is 0 Å². The average molecular weight is 127 g/mol. The van der Waals surface area contributed by atoms with Crippen molar-refractivity contribution in [1.82, 2.24) is 5.48 Å². The molecule has 0 radical (unpaired) electrons. The van der Waals surface area contributed by atoms with Gasteiger partial charge in [-0.15, -0.1) is 0 Å².